The Hall–Kier alpha value is -2.15. The largest absolute Gasteiger partial charge is 0.477 e. The minimum Gasteiger partial charge on any atom is -0.477 e. The van der Waals surface area contributed by atoms with Crippen molar-refractivity contribution in [3.8, 4) is 0 Å². The van der Waals surface area contributed by atoms with Gasteiger partial charge in [-0.3, -0.25) is 9.48 Å². The average molecular weight is 279 g/mol. The first-order valence-electron chi connectivity index (χ1n) is 5.68. The molecule has 0 aliphatic heterocycles. The number of aromatic carboxylic acids is 1. The monoisotopic (exact) mass is 279 g/mol. The van der Waals surface area contributed by atoms with Crippen LogP contribution in [0.15, 0.2) is 18.3 Å². The first-order valence-corrected chi connectivity index (χ1v) is 6.50. The molecular weight excluding hydrogens is 266 g/mol. The van der Waals surface area contributed by atoms with Crippen molar-refractivity contribution in [2.45, 2.75) is 13.3 Å². The van der Waals surface area contributed by atoms with E-state index >= 15 is 0 Å². The van der Waals surface area contributed by atoms with Crippen LogP contribution >= 0.6 is 11.3 Å². The highest BCUT2D eigenvalue weighted by atomic mass is 32.1. The maximum atomic E-state index is 12.1. The molecule has 100 valence electrons. The summed E-state index contributed by atoms with van der Waals surface area (Å²) < 4.78 is 1.59. The van der Waals surface area contributed by atoms with E-state index in [-0.39, 0.29) is 10.8 Å². The Morgan fingerprint density at radius 3 is 2.79 bits per heavy atom. The lowest BCUT2D eigenvalue weighted by Crippen LogP contribution is -2.12. The second-order valence-electron chi connectivity index (χ2n) is 3.94. The molecule has 19 heavy (non-hydrogen) atoms. The summed E-state index contributed by atoms with van der Waals surface area (Å²) in [5.41, 5.74) is 1.23. The highest BCUT2D eigenvalue weighted by molar-refractivity contribution is 7.18. The number of carbonyl (C=O) groups excluding carboxylic acids is 1. The van der Waals surface area contributed by atoms with Crippen molar-refractivity contribution in [1.82, 2.24) is 9.78 Å². The SMILES string of the molecule is CCc1nn(C)cc1C(=O)Nc1ccc(C(=O)O)s1. The van der Waals surface area contributed by atoms with Gasteiger partial charge < -0.3 is 10.4 Å². The van der Waals surface area contributed by atoms with E-state index in [0.717, 1.165) is 17.0 Å². The lowest BCUT2D eigenvalue weighted by molar-refractivity contribution is 0.0702. The molecule has 0 aliphatic rings. The van der Waals surface area contributed by atoms with Gasteiger partial charge in [0, 0.05) is 13.2 Å². The summed E-state index contributed by atoms with van der Waals surface area (Å²) in [6.07, 6.45) is 2.31. The van der Waals surface area contributed by atoms with Gasteiger partial charge in [-0.25, -0.2) is 4.79 Å². The summed E-state index contributed by atoms with van der Waals surface area (Å²) in [5.74, 6) is -1.27. The highest BCUT2D eigenvalue weighted by Gasteiger charge is 2.16. The standard InChI is InChI=1S/C12H13N3O3S/c1-3-8-7(6-15(2)14-8)11(16)13-10-5-4-9(19-10)12(17)18/h4-6H,3H2,1-2H3,(H,13,16)(H,17,18). The fourth-order valence-electron chi connectivity index (χ4n) is 1.68. The molecule has 0 spiro atoms. The first kappa shape index (κ1) is 13.3. The van der Waals surface area contributed by atoms with E-state index in [2.05, 4.69) is 10.4 Å². The molecule has 0 unspecified atom stereocenters. The second kappa shape index (κ2) is 5.23. The molecule has 0 saturated carbocycles. The average Bonchev–Trinajstić information content (AvgIpc) is 2.95. The number of amides is 1. The van der Waals surface area contributed by atoms with Crippen LogP contribution in [-0.4, -0.2) is 26.8 Å². The molecule has 0 bridgehead atoms. The van der Waals surface area contributed by atoms with Gasteiger partial charge in [0.15, 0.2) is 0 Å². The van der Waals surface area contributed by atoms with Crippen molar-refractivity contribution in [3.63, 3.8) is 0 Å². The molecule has 2 N–H and O–H groups in total. The third-order valence-electron chi connectivity index (χ3n) is 2.54. The Labute approximate surface area is 113 Å². The van der Waals surface area contributed by atoms with Crippen molar-refractivity contribution in [2.24, 2.45) is 7.05 Å². The predicted molar refractivity (Wildman–Crippen MR) is 71.8 cm³/mol. The Morgan fingerprint density at radius 1 is 1.47 bits per heavy atom. The van der Waals surface area contributed by atoms with Crippen LogP contribution < -0.4 is 5.32 Å². The van der Waals surface area contributed by atoms with E-state index in [1.807, 2.05) is 6.92 Å². The topological polar surface area (TPSA) is 84.2 Å². The molecule has 0 atom stereocenters. The zero-order valence-electron chi connectivity index (χ0n) is 10.5. The number of aryl methyl sites for hydroxylation is 2. The molecule has 7 heteroatoms. The Bertz CT molecular complexity index is 630. The maximum absolute atomic E-state index is 12.1. The molecule has 0 aromatic carbocycles. The van der Waals surface area contributed by atoms with E-state index in [0.29, 0.717) is 17.0 Å². The van der Waals surface area contributed by atoms with Gasteiger partial charge in [0.2, 0.25) is 0 Å². The highest BCUT2D eigenvalue weighted by Crippen LogP contribution is 2.22. The van der Waals surface area contributed by atoms with Crippen LogP contribution in [0.2, 0.25) is 0 Å². The number of nitrogens with zero attached hydrogens (tertiary/aromatic N) is 2. The van der Waals surface area contributed by atoms with Crippen molar-refractivity contribution in [1.29, 1.82) is 0 Å². The Kier molecular flexibility index (Phi) is 3.66. The van der Waals surface area contributed by atoms with Crippen molar-refractivity contribution in [3.05, 3.63) is 34.5 Å². The second-order valence-corrected chi connectivity index (χ2v) is 5.02. The van der Waals surface area contributed by atoms with Crippen LogP contribution in [-0.2, 0) is 13.5 Å². The van der Waals surface area contributed by atoms with Gasteiger partial charge in [-0.05, 0) is 18.6 Å². The normalized spacial score (nSPS) is 10.4. The van der Waals surface area contributed by atoms with E-state index < -0.39 is 5.97 Å². The molecule has 2 aromatic heterocycles. The maximum Gasteiger partial charge on any atom is 0.345 e. The van der Waals surface area contributed by atoms with Gasteiger partial charge in [0.05, 0.1) is 16.3 Å². The number of carboxylic acids is 1. The van der Waals surface area contributed by atoms with Crippen LogP contribution in [0.5, 0.6) is 0 Å². The lowest BCUT2D eigenvalue weighted by Gasteiger charge is -2.01. The van der Waals surface area contributed by atoms with Gasteiger partial charge in [0.25, 0.3) is 5.91 Å². The fourth-order valence-corrected chi connectivity index (χ4v) is 2.42. The van der Waals surface area contributed by atoms with Crippen LogP contribution in [0.3, 0.4) is 0 Å². The third kappa shape index (κ3) is 2.82. The van der Waals surface area contributed by atoms with Gasteiger partial charge in [-0.15, -0.1) is 11.3 Å². The summed E-state index contributed by atoms with van der Waals surface area (Å²) in [4.78, 5) is 23.0. The number of carbonyl (C=O) groups is 2. The van der Waals surface area contributed by atoms with Gasteiger partial charge >= 0.3 is 5.97 Å². The smallest absolute Gasteiger partial charge is 0.345 e. The van der Waals surface area contributed by atoms with Crippen molar-refractivity contribution < 1.29 is 14.7 Å². The van der Waals surface area contributed by atoms with Crippen LogP contribution in [0.1, 0.15) is 32.6 Å². The number of nitrogens with one attached hydrogen (secondary N) is 1. The van der Waals surface area contributed by atoms with Crippen LogP contribution in [0.25, 0.3) is 0 Å². The molecule has 0 radical (unpaired) electrons. The number of hydrogen-bond donors (Lipinski definition) is 2. The number of hydrogen-bond acceptors (Lipinski definition) is 4. The van der Waals surface area contributed by atoms with Gasteiger partial charge in [-0.1, -0.05) is 6.92 Å². The minimum atomic E-state index is -0.999. The Morgan fingerprint density at radius 2 is 2.21 bits per heavy atom. The van der Waals surface area contributed by atoms with Crippen molar-refractivity contribution >= 4 is 28.2 Å². The summed E-state index contributed by atoms with van der Waals surface area (Å²) in [6, 6.07) is 3.04. The molecule has 0 saturated heterocycles. The van der Waals surface area contributed by atoms with Gasteiger partial charge in [-0.2, -0.15) is 5.10 Å². The molecular formula is C12H13N3O3S. The number of thiophene rings is 1. The molecule has 2 aromatic rings. The zero-order valence-corrected chi connectivity index (χ0v) is 11.3. The van der Waals surface area contributed by atoms with Crippen LogP contribution in [0, 0.1) is 0 Å². The van der Waals surface area contributed by atoms with E-state index in [1.54, 1.807) is 24.0 Å². The minimum absolute atomic E-state index is 0.192. The lowest BCUT2D eigenvalue weighted by atomic mass is 10.2. The molecule has 0 aliphatic carbocycles. The third-order valence-corrected chi connectivity index (χ3v) is 3.53. The van der Waals surface area contributed by atoms with Crippen LogP contribution in [0.4, 0.5) is 5.00 Å². The quantitative estimate of drug-likeness (QED) is 0.896. The fraction of sp³-hybridized carbons (Fsp3) is 0.250. The molecule has 6 nitrogen and oxygen atoms in total. The van der Waals surface area contributed by atoms with Gasteiger partial charge in [0.1, 0.15) is 4.88 Å². The summed E-state index contributed by atoms with van der Waals surface area (Å²) >= 11 is 1.03. The Balaban J connectivity index is 2.18. The molecule has 0 fully saturated rings. The molecule has 2 heterocycles. The van der Waals surface area contributed by atoms with E-state index in [1.165, 1.54) is 6.07 Å². The summed E-state index contributed by atoms with van der Waals surface area (Å²) in [5, 5.41) is 16.2. The zero-order chi connectivity index (χ0) is 14.0. The molecule has 2 rings (SSSR count). The van der Waals surface area contributed by atoms with E-state index in [4.69, 9.17) is 5.11 Å². The number of aromatic nitrogens is 2. The van der Waals surface area contributed by atoms with Crippen molar-refractivity contribution in [2.75, 3.05) is 5.32 Å². The van der Waals surface area contributed by atoms with E-state index in [9.17, 15) is 9.59 Å². The predicted octanol–water partition coefficient (Wildman–Crippen LogP) is 1.99. The molecule has 1 amide bonds. The number of anilines is 1. The summed E-state index contributed by atoms with van der Waals surface area (Å²) in [7, 11) is 1.75. The number of rotatable bonds is 4. The summed E-state index contributed by atoms with van der Waals surface area (Å²) in [6.45, 7) is 1.92. The first-order chi connectivity index (χ1) is 9.01. The number of carboxylic acid groups (broad SMARTS) is 1.